The molecule has 0 radical (unpaired) electrons. The van der Waals surface area contributed by atoms with Gasteiger partial charge in [0.1, 0.15) is 5.75 Å². The summed E-state index contributed by atoms with van der Waals surface area (Å²) < 4.78 is 5.06. The molecule has 1 saturated carbocycles. The van der Waals surface area contributed by atoms with Crippen LogP contribution in [0.4, 0.5) is 0 Å². The van der Waals surface area contributed by atoms with Gasteiger partial charge in [-0.2, -0.15) is 0 Å². The Morgan fingerprint density at radius 3 is 2.48 bits per heavy atom. The van der Waals surface area contributed by atoms with E-state index in [1.54, 1.807) is 12.1 Å². The summed E-state index contributed by atoms with van der Waals surface area (Å²) in [5.74, 6) is -0.166. The summed E-state index contributed by atoms with van der Waals surface area (Å²) >= 11 is 0. The molecule has 0 spiro atoms. The fraction of sp³-hybridized carbons (Fsp3) is 0.500. The molecule has 5 heteroatoms. The molecule has 1 atom stereocenters. The summed E-state index contributed by atoms with van der Waals surface area (Å²) in [6, 6.07) is 7.24. The number of amides is 1. The van der Waals surface area contributed by atoms with Gasteiger partial charge in [0.05, 0.1) is 0 Å². The number of aliphatic carboxylic acids is 1. The molecule has 0 bridgehead atoms. The highest BCUT2D eigenvalue weighted by Crippen LogP contribution is 2.51. The van der Waals surface area contributed by atoms with Crippen LogP contribution >= 0.6 is 0 Å². The topological polar surface area (TPSA) is 75.6 Å². The van der Waals surface area contributed by atoms with Crippen LogP contribution in [0.2, 0.25) is 0 Å². The molecule has 0 aliphatic heterocycles. The summed E-state index contributed by atoms with van der Waals surface area (Å²) in [5, 5.41) is 11.5. The van der Waals surface area contributed by atoms with Crippen molar-refractivity contribution in [1.82, 2.24) is 5.32 Å². The van der Waals surface area contributed by atoms with Crippen LogP contribution in [0, 0.1) is 11.3 Å². The predicted molar refractivity (Wildman–Crippen MR) is 78.2 cm³/mol. The average Bonchev–Trinajstić information content (AvgIpc) is 3.07. The first-order valence-electron chi connectivity index (χ1n) is 7.10. The minimum absolute atomic E-state index is 0.140. The van der Waals surface area contributed by atoms with Crippen LogP contribution in [0.25, 0.3) is 0 Å². The second-order valence-corrected chi connectivity index (χ2v) is 6.11. The van der Waals surface area contributed by atoms with Crippen molar-refractivity contribution in [1.29, 1.82) is 0 Å². The summed E-state index contributed by atoms with van der Waals surface area (Å²) in [7, 11) is 0. The smallest absolute Gasteiger partial charge is 0.341 e. The van der Waals surface area contributed by atoms with E-state index < -0.39 is 5.97 Å². The van der Waals surface area contributed by atoms with E-state index in [1.807, 2.05) is 12.1 Å². The zero-order chi connectivity index (χ0) is 15.5. The molecule has 1 fully saturated rings. The van der Waals surface area contributed by atoms with E-state index in [1.165, 1.54) is 0 Å². The van der Waals surface area contributed by atoms with Crippen molar-refractivity contribution in [3.8, 4) is 5.75 Å². The van der Waals surface area contributed by atoms with Gasteiger partial charge in [-0.25, -0.2) is 4.79 Å². The number of rotatable bonds is 7. The first-order valence-corrected chi connectivity index (χ1v) is 7.10. The van der Waals surface area contributed by atoms with Gasteiger partial charge in [-0.3, -0.25) is 4.79 Å². The summed E-state index contributed by atoms with van der Waals surface area (Å²) in [5.41, 5.74) is 1.24. The number of nitrogens with one attached hydrogen (secondary N) is 1. The molecule has 5 nitrogen and oxygen atoms in total. The standard InChI is InChI=1S/C16H21NO4/c1-16(2)9-13(16)15(20)17-8-7-11-3-5-12(6-4-11)21-10-14(18)19/h3-6,13H,7-10H2,1-2H3,(H,17,20)(H,18,19)/t13-/m1/s1. The molecule has 21 heavy (non-hydrogen) atoms. The van der Waals surface area contributed by atoms with E-state index in [2.05, 4.69) is 19.2 Å². The fourth-order valence-electron chi connectivity index (χ4n) is 2.27. The quantitative estimate of drug-likeness (QED) is 0.804. The highest BCUT2D eigenvalue weighted by Gasteiger charge is 2.50. The maximum atomic E-state index is 11.8. The lowest BCUT2D eigenvalue weighted by atomic mass is 10.1. The van der Waals surface area contributed by atoms with E-state index in [0.717, 1.165) is 18.4 Å². The second kappa shape index (κ2) is 6.16. The highest BCUT2D eigenvalue weighted by atomic mass is 16.5. The normalized spacial score (nSPS) is 18.9. The second-order valence-electron chi connectivity index (χ2n) is 6.11. The maximum Gasteiger partial charge on any atom is 0.341 e. The minimum Gasteiger partial charge on any atom is -0.482 e. The third kappa shape index (κ3) is 4.48. The third-order valence-electron chi connectivity index (χ3n) is 3.83. The molecular formula is C16H21NO4. The van der Waals surface area contributed by atoms with Gasteiger partial charge in [-0.1, -0.05) is 26.0 Å². The monoisotopic (exact) mass is 291 g/mol. The van der Waals surface area contributed by atoms with Gasteiger partial charge in [0, 0.05) is 12.5 Å². The first-order chi connectivity index (χ1) is 9.88. The van der Waals surface area contributed by atoms with Gasteiger partial charge >= 0.3 is 5.97 Å². The largest absolute Gasteiger partial charge is 0.482 e. The Hall–Kier alpha value is -2.04. The lowest BCUT2D eigenvalue weighted by Gasteiger charge is -2.07. The summed E-state index contributed by atoms with van der Waals surface area (Å²) in [4.78, 5) is 22.2. The lowest BCUT2D eigenvalue weighted by Crippen LogP contribution is -2.28. The summed E-state index contributed by atoms with van der Waals surface area (Å²) in [6.07, 6.45) is 1.71. The first kappa shape index (κ1) is 15.4. The van der Waals surface area contributed by atoms with Gasteiger partial charge in [-0.15, -0.1) is 0 Å². The molecule has 1 aromatic carbocycles. The van der Waals surface area contributed by atoms with Crippen molar-refractivity contribution in [2.75, 3.05) is 13.2 Å². The van der Waals surface area contributed by atoms with E-state index in [0.29, 0.717) is 12.3 Å². The Morgan fingerprint density at radius 2 is 1.95 bits per heavy atom. The molecule has 1 aromatic rings. The number of carbonyl (C=O) groups excluding carboxylic acids is 1. The molecule has 1 aliphatic rings. The van der Waals surface area contributed by atoms with Crippen molar-refractivity contribution in [2.45, 2.75) is 26.7 Å². The maximum absolute atomic E-state index is 11.8. The van der Waals surface area contributed by atoms with E-state index >= 15 is 0 Å². The Kier molecular flexibility index (Phi) is 4.50. The number of ether oxygens (including phenoxy) is 1. The summed E-state index contributed by atoms with van der Waals surface area (Å²) in [6.45, 7) is 4.48. The molecule has 2 rings (SSSR count). The molecule has 1 amide bonds. The Balaban J connectivity index is 1.71. The van der Waals surface area contributed by atoms with Crippen LogP contribution in [-0.2, 0) is 16.0 Å². The number of carboxylic acids is 1. The number of carbonyl (C=O) groups is 2. The van der Waals surface area contributed by atoms with Crippen molar-refractivity contribution in [2.24, 2.45) is 11.3 Å². The Morgan fingerprint density at radius 1 is 1.33 bits per heavy atom. The number of hydrogen-bond donors (Lipinski definition) is 2. The average molecular weight is 291 g/mol. The minimum atomic E-state index is -0.996. The highest BCUT2D eigenvalue weighted by molar-refractivity contribution is 5.82. The molecule has 1 aliphatic carbocycles. The fourth-order valence-corrected chi connectivity index (χ4v) is 2.27. The predicted octanol–water partition coefficient (Wildman–Crippen LogP) is 1.85. The van der Waals surface area contributed by atoms with Gasteiger partial charge in [0.15, 0.2) is 6.61 Å². The molecule has 0 saturated heterocycles. The Bertz CT molecular complexity index is 522. The molecule has 2 N–H and O–H groups in total. The van der Waals surface area contributed by atoms with Crippen molar-refractivity contribution >= 4 is 11.9 Å². The third-order valence-corrected chi connectivity index (χ3v) is 3.83. The molecule has 0 unspecified atom stereocenters. The van der Waals surface area contributed by atoms with Gasteiger partial charge in [-0.05, 0) is 36.0 Å². The SMILES string of the molecule is CC1(C)C[C@@H]1C(=O)NCCc1ccc(OCC(=O)O)cc1. The Labute approximate surface area is 124 Å². The van der Waals surface area contributed by atoms with Crippen molar-refractivity contribution in [3.63, 3.8) is 0 Å². The van der Waals surface area contributed by atoms with Crippen LogP contribution in [0.1, 0.15) is 25.8 Å². The van der Waals surface area contributed by atoms with E-state index in [4.69, 9.17) is 9.84 Å². The van der Waals surface area contributed by atoms with Crippen molar-refractivity contribution < 1.29 is 19.4 Å². The van der Waals surface area contributed by atoms with Crippen LogP contribution < -0.4 is 10.1 Å². The van der Waals surface area contributed by atoms with E-state index in [9.17, 15) is 9.59 Å². The molecular weight excluding hydrogens is 270 g/mol. The van der Waals surface area contributed by atoms with Gasteiger partial charge in [0.25, 0.3) is 0 Å². The van der Waals surface area contributed by atoms with Gasteiger partial charge < -0.3 is 15.2 Å². The lowest BCUT2D eigenvalue weighted by molar-refractivity contribution is -0.139. The molecule has 114 valence electrons. The van der Waals surface area contributed by atoms with Crippen LogP contribution in [0.5, 0.6) is 5.75 Å². The zero-order valence-electron chi connectivity index (χ0n) is 12.4. The molecule has 0 aromatic heterocycles. The van der Waals surface area contributed by atoms with Crippen LogP contribution in [0.15, 0.2) is 24.3 Å². The molecule has 0 heterocycles. The number of hydrogen-bond acceptors (Lipinski definition) is 3. The van der Waals surface area contributed by atoms with Gasteiger partial charge in [0.2, 0.25) is 5.91 Å². The number of carboxylic acid groups (broad SMARTS) is 1. The van der Waals surface area contributed by atoms with Crippen LogP contribution in [-0.4, -0.2) is 30.1 Å². The van der Waals surface area contributed by atoms with Crippen LogP contribution in [0.3, 0.4) is 0 Å². The van der Waals surface area contributed by atoms with Crippen molar-refractivity contribution in [3.05, 3.63) is 29.8 Å². The van der Waals surface area contributed by atoms with E-state index in [-0.39, 0.29) is 23.8 Å². The number of benzene rings is 1. The zero-order valence-corrected chi connectivity index (χ0v) is 12.4.